The molecule has 2 amide bonds. The van der Waals surface area contributed by atoms with Crippen molar-refractivity contribution >= 4 is 44.5 Å². The zero-order valence-electron chi connectivity index (χ0n) is 17.0. The zero-order chi connectivity index (χ0) is 22.0. The monoisotopic (exact) mass is 482 g/mol. The maximum atomic E-state index is 13.1. The van der Waals surface area contributed by atoms with Crippen LogP contribution >= 0.6 is 15.9 Å². The van der Waals surface area contributed by atoms with Gasteiger partial charge in [-0.15, -0.1) is 0 Å². The molecule has 31 heavy (non-hydrogen) atoms. The summed E-state index contributed by atoms with van der Waals surface area (Å²) >= 11 is 3.41. The van der Waals surface area contributed by atoms with Crippen molar-refractivity contribution in [3.05, 3.63) is 64.5 Å². The summed E-state index contributed by atoms with van der Waals surface area (Å²) in [6.45, 7) is 2.13. The van der Waals surface area contributed by atoms with Crippen LogP contribution in [-0.4, -0.2) is 33.1 Å². The molecule has 2 heterocycles. The second-order valence-electron chi connectivity index (χ2n) is 8.10. The number of para-hydroxylation sites is 1. The largest absolute Gasteiger partial charge is 0.465 e. The lowest BCUT2D eigenvalue weighted by Gasteiger charge is -2.34. The van der Waals surface area contributed by atoms with E-state index in [0.29, 0.717) is 29.1 Å². The summed E-state index contributed by atoms with van der Waals surface area (Å²) in [5, 5.41) is 15.6. The van der Waals surface area contributed by atoms with Gasteiger partial charge in [0.1, 0.15) is 0 Å². The molecule has 0 bridgehead atoms. The normalized spacial score (nSPS) is 20.9. The summed E-state index contributed by atoms with van der Waals surface area (Å²) in [4.78, 5) is 32.9. The van der Waals surface area contributed by atoms with Crippen LogP contribution in [0.1, 0.15) is 48.0 Å². The van der Waals surface area contributed by atoms with Gasteiger partial charge in [0.25, 0.3) is 5.91 Å². The van der Waals surface area contributed by atoms with Gasteiger partial charge in [-0.1, -0.05) is 19.1 Å². The van der Waals surface area contributed by atoms with Gasteiger partial charge in [-0.2, -0.15) is 0 Å². The number of aromatic nitrogens is 2. The maximum Gasteiger partial charge on any atom is 0.404 e. The van der Waals surface area contributed by atoms with Gasteiger partial charge in [0.15, 0.2) is 0 Å². The van der Waals surface area contributed by atoms with E-state index in [1.54, 1.807) is 24.7 Å². The van der Waals surface area contributed by atoms with E-state index >= 15 is 0 Å². The van der Waals surface area contributed by atoms with Crippen LogP contribution in [0.3, 0.4) is 0 Å². The number of hydrogen-bond donors (Lipinski definition) is 3. The predicted molar refractivity (Wildman–Crippen MR) is 122 cm³/mol. The van der Waals surface area contributed by atoms with Crippen LogP contribution in [0.25, 0.3) is 10.9 Å². The number of anilines is 1. The molecular formula is C23H23BrN4O3. The first kappa shape index (κ1) is 21.2. The van der Waals surface area contributed by atoms with Crippen molar-refractivity contribution in [2.75, 3.05) is 5.32 Å². The number of hydrogen-bond acceptors (Lipinski definition) is 4. The SMILES string of the molecule is C[C@@H]1CC(NC(=O)O)C[C@H](c2ccncc2NC(=O)c2cccc3cc(Br)cnc23)C1. The average molecular weight is 483 g/mol. The molecule has 0 aliphatic heterocycles. The van der Waals surface area contributed by atoms with Crippen molar-refractivity contribution in [2.45, 2.75) is 38.1 Å². The van der Waals surface area contributed by atoms with Crippen LogP contribution in [0.15, 0.2) is 53.4 Å². The number of halogens is 1. The Balaban J connectivity index is 1.61. The summed E-state index contributed by atoms with van der Waals surface area (Å²) in [6, 6.07) is 9.23. The number of carbonyl (C=O) groups excluding carboxylic acids is 1. The van der Waals surface area contributed by atoms with Crippen molar-refractivity contribution < 1.29 is 14.7 Å². The number of fused-ring (bicyclic) bond motifs is 1. The molecule has 0 saturated heterocycles. The summed E-state index contributed by atoms with van der Waals surface area (Å²) in [5.41, 5.74) is 2.74. The topological polar surface area (TPSA) is 104 Å². The van der Waals surface area contributed by atoms with E-state index in [4.69, 9.17) is 5.11 Å². The van der Waals surface area contributed by atoms with Crippen molar-refractivity contribution in [2.24, 2.45) is 5.92 Å². The van der Waals surface area contributed by atoms with Gasteiger partial charge in [-0.25, -0.2) is 4.79 Å². The zero-order valence-corrected chi connectivity index (χ0v) is 18.6. The molecule has 1 aromatic carbocycles. The number of pyridine rings is 2. The Morgan fingerprint density at radius 3 is 2.81 bits per heavy atom. The Hall–Kier alpha value is -3.00. The highest BCUT2D eigenvalue weighted by atomic mass is 79.9. The number of carbonyl (C=O) groups is 2. The van der Waals surface area contributed by atoms with E-state index in [2.05, 4.69) is 43.5 Å². The highest BCUT2D eigenvalue weighted by Gasteiger charge is 2.30. The van der Waals surface area contributed by atoms with Crippen LogP contribution in [0.2, 0.25) is 0 Å². The molecule has 160 valence electrons. The first-order chi connectivity index (χ1) is 14.9. The van der Waals surface area contributed by atoms with E-state index in [-0.39, 0.29) is 17.9 Å². The standard InChI is InChI=1S/C23H23BrN4O3/c1-13-7-15(10-17(8-13)27-23(30)31)18-5-6-25-12-20(18)28-22(29)19-4-2-3-14-9-16(24)11-26-21(14)19/h2-6,9,11-13,15,17,27H,7-8,10H2,1H3,(H,28,29)(H,30,31)/t13-,15+,17?/m0/s1. The molecule has 7 nitrogen and oxygen atoms in total. The van der Waals surface area contributed by atoms with Crippen molar-refractivity contribution in [1.29, 1.82) is 0 Å². The smallest absolute Gasteiger partial charge is 0.404 e. The summed E-state index contributed by atoms with van der Waals surface area (Å²) in [5.74, 6) is 0.243. The highest BCUT2D eigenvalue weighted by molar-refractivity contribution is 9.10. The minimum absolute atomic E-state index is 0.108. The molecule has 3 aromatic rings. The fraction of sp³-hybridized carbons (Fsp3) is 0.304. The molecule has 4 rings (SSSR count). The first-order valence-corrected chi connectivity index (χ1v) is 11.0. The molecule has 3 atom stereocenters. The van der Waals surface area contributed by atoms with Crippen LogP contribution in [-0.2, 0) is 0 Å². The summed E-state index contributed by atoms with van der Waals surface area (Å²) in [6.07, 6.45) is 6.46. The number of nitrogens with one attached hydrogen (secondary N) is 2. The lowest BCUT2D eigenvalue weighted by atomic mass is 9.76. The van der Waals surface area contributed by atoms with Gasteiger partial charge in [0, 0.05) is 28.3 Å². The maximum absolute atomic E-state index is 13.1. The molecule has 0 radical (unpaired) electrons. The van der Waals surface area contributed by atoms with E-state index in [0.717, 1.165) is 28.3 Å². The van der Waals surface area contributed by atoms with Gasteiger partial charge in [-0.3, -0.25) is 14.8 Å². The second kappa shape index (κ2) is 9.01. The molecule has 1 aliphatic rings. The molecule has 8 heteroatoms. The fourth-order valence-electron chi connectivity index (χ4n) is 4.52. The van der Waals surface area contributed by atoms with Gasteiger partial charge in [0.05, 0.1) is 23.0 Å². The van der Waals surface area contributed by atoms with Crippen molar-refractivity contribution in [1.82, 2.24) is 15.3 Å². The lowest BCUT2D eigenvalue weighted by Crippen LogP contribution is -2.39. The van der Waals surface area contributed by atoms with Crippen molar-refractivity contribution in [3.8, 4) is 0 Å². The van der Waals surface area contributed by atoms with Crippen LogP contribution in [0, 0.1) is 5.92 Å². The first-order valence-electron chi connectivity index (χ1n) is 10.2. The molecule has 1 fully saturated rings. The van der Waals surface area contributed by atoms with Crippen LogP contribution in [0.5, 0.6) is 0 Å². The Morgan fingerprint density at radius 2 is 2.00 bits per heavy atom. The molecule has 2 aromatic heterocycles. The molecular weight excluding hydrogens is 460 g/mol. The van der Waals surface area contributed by atoms with Gasteiger partial charge >= 0.3 is 6.09 Å². The number of rotatable bonds is 4. The fourth-order valence-corrected chi connectivity index (χ4v) is 4.87. The van der Waals surface area contributed by atoms with Gasteiger partial charge in [0.2, 0.25) is 0 Å². The molecule has 1 aliphatic carbocycles. The predicted octanol–water partition coefficient (Wildman–Crippen LogP) is 5.18. The Kier molecular flexibility index (Phi) is 6.18. The minimum Gasteiger partial charge on any atom is -0.465 e. The summed E-state index contributed by atoms with van der Waals surface area (Å²) in [7, 11) is 0. The van der Waals surface area contributed by atoms with E-state index in [1.807, 2.05) is 24.3 Å². The number of benzene rings is 1. The quantitative estimate of drug-likeness (QED) is 0.474. The lowest BCUT2D eigenvalue weighted by molar-refractivity contribution is 0.102. The average Bonchev–Trinajstić information content (AvgIpc) is 2.72. The second-order valence-corrected chi connectivity index (χ2v) is 9.02. The Morgan fingerprint density at radius 1 is 1.16 bits per heavy atom. The third-order valence-electron chi connectivity index (χ3n) is 5.74. The number of carboxylic acid groups (broad SMARTS) is 1. The van der Waals surface area contributed by atoms with E-state index in [1.165, 1.54) is 0 Å². The van der Waals surface area contributed by atoms with Crippen LogP contribution < -0.4 is 10.6 Å². The third kappa shape index (κ3) is 4.85. The van der Waals surface area contributed by atoms with E-state index < -0.39 is 6.09 Å². The van der Waals surface area contributed by atoms with Crippen LogP contribution in [0.4, 0.5) is 10.5 Å². The molecule has 0 spiro atoms. The van der Waals surface area contributed by atoms with Gasteiger partial charge in [-0.05, 0) is 70.8 Å². The third-order valence-corrected chi connectivity index (χ3v) is 6.17. The van der Waals surface area contributed by atoms with Crippen molar-refractivity contribution in [3.63, 3.8) is 0 Å². The minimum atomic E-state index is -1.00. The molecule has 1 saturated carbocycles. The number of amides is 2. The van der Waals surface area contributed by atoms with Gasteiger partial charge < -0.3 is 15.7 Å². The van der Waals surface area contributed by atoms with E-state index in [9.17, 15) is 9.59 Å². The Bertz CT molecular complexity index is 1140. The summed E-state index contributed by atoms with van der Waals surface area (Å²) < 4.78 is 0.850. The molecule has 3 N–H and O–H groups in total. The highest BCUT2D eigenvalue weighted by Crippen LogP contribution is 2.39. The number of nitrogens with zero attached hydrogens (tertiary/aromatic N) is 2. The molecule has 1 unspecified atom stereocenters. The Labute approximate surface area is 188 Å².